The van der Waals surface area contributed by atoms with Crippen LogP contribution in [0.5, 0.6) is 5.75 Å². The van der Waals surface area contributed by atoms with Crippen molar-refractivity contribution in [3.05, 3.63) is 29.8 Å². The molecule has 1 amide bonds. The average molecular weight is 454 g/mol. The minimum Gasteiger partial charge on any atom is -0.464 e. The molecule has 0 radical (unpaired) electrons. The Bertz CT molecular complexity index is 872. The SMILES string of the molecule is CCOC(=O)[C@H](Cc1ccc(OC(=O)C2[C@H]3CCCC[C@@H]23)cc1)NC(=O)C1[C@@H]2CCCC[C@@H]12. The second kappa shape index (κ2) is 9.47. The minimum absolute atomic E-state index is 0.0126. The van der Waals surface area contributed by atoms with E-state index in [1.807, 2.05) is 12.1 Å². The maximum absolute atomic E-state index is 12.9. The monoisotopic (exact) mass is 453 g/mol. The molecule has 0 bridgehead atoms. The number of fused-ring (bicyclic) bond motifs is 2. The Hall–Kier alpha value is -2.37. The highest BCUT2D eigenvalue weighted by atomic mass is 16.5. The molecule has 6 atom stereocenters. The van der Waals surface area contributed by atoms with E-state index in [0.29, 0.717) is 35.8 Å². The molecular formula is C27H35NO5. The van der Waals surface area contributed by atoms with E-state index in [4.69, 9.17) is 9.47 Å². The average Bonchev–Trinajstić information content (AvgIpc) is 3.72. The summed E-state index contributed by atoms with van der Waals surface area (Å²) < 4.78 is 10.9. The van der Waals surface area contributed by atoms with E-state index in [9.17, 15) is 14.4 Å². The summed E-state index contributed by atoms with van der Waals surface area (Å²) in [6.45, 7) is 2.04. The number of hydrogen-bond acceptors (Lipinski definition) is 5. The van der Waals surface area contributed by atoms with E-state index in [1.165, 1.54) is 25.7 Å². The van der Waals surface area contributed by atoms with E-state index < -0.39 is 12.0 Å². The Morgan fingerprint density at radius 2 is 1.42 bits per heavy atom. The lowest BCUT2D eigenvalue weighted by molar-refractivity contribution is -0.147. The first kappa shape index (κ1) is 22.4. The van der Waals surface area contributed by atoms with Crippen LogP contribution in [0, 0.1) is 35.5 Å². The molecule has 1 aromatic carbocycles. The van der Waals surface area contributed by atoms with Crippen molar-refractivity contribution >= 4 is 17.8 Å². The van der Waals surface area contributed by atoms with Gasteiger partial charge in [-0.3, -0.25) is 9.59 Å². The van der Waals surface area contributed by atoms with Crippen LogP contribution in [0.4, 0.5) is 0 Å². The van der Waals surface area contributed by atoms with Crippen LogP contribution in [0.3, 0.4) is 0 Å². The van der Waals surface area contributed by atoms with Crippen LogP contribution in [-0.4, -0.2) is 30.5 Å². The third-order valence-corrected chi connectivity index (χ3v) is 8.36. The van der Waals surface area contributed by atoms with E-state index in [0.717, 1.165) is 31.2 Å². The Morgan fingerprint density at radius 1 is 0.879 bits per heavy atom. The summed E-state index contributed by atoms with van der Waals surface area (Å²) in [4.78, 5) is 37.9. The van der Waals surface area contributed by atoms with E-state index in [2.05, 4.69) is 5.32 Å². The van der Waals surface area contributed by atoms with Crippen molar-refractivity contribution in [3.8, 4) is 5.75 Å². The van der Waals surface area contributed by atoms with Crippen molar-refractivity contribution in [1.29, 1.82) is 0 Å². The van der Waals surface area contributed by atoms with Gasteiger partial charge in [-0.05, 0) is 74.0 Å². The highest BCUT2D eigenvalue weighted by Gasteiger charge is 2.56. The van der Waals surface area contributed by atoms with Crippen LogP contribution in [0.2, 0.25) is 0 Å². The Balaban J connectivity index is 1.17. The molecule has 6 heteroatoms. The quantitative estimate of drug-likeness (QED) is 0.474. The number of amides is 1. The summed E-state index contributed by atoms with van der Waals surface area (Å²) in [6, 6.07) is 6.57. The number of carbonyl (C=O) groups excluding carboxylic acids is 3. The van der Waals surface area contributed by atoms with Crippen LogP contribution in [0.1, 0.15) is 63.9 Å². The first-order chi connectivity index (χ1) is 16.1. The highest BCUT2D eigenvalue weighted by molar-refractivity contribution is 5.88. The zero-order valence-electron chi connectivity index (χ0n) is 19.5. The summed E-state index contributed by atoms with van der Waals surface area (Å²) in [6.07, 6.45) is 9.73. The van der Waals surface area contributed by atoms with Gasteiger partial charge in [-0.1, -0.05) is 37.8 Å². The number of carbonyl (C=O) groups is 3. The fourth-order valence-corrected chi connectivity index (χ4v) is 6.54. The van der Waals surface area contributed by atoms with Crippen LogP contribution in [0.25, 0.3) is 0 Å². The van der Waals surface area contributed by atoms with Crippen molar-refractivity contribution in [2.45, 2.75) is 70.8 Å². The first-order valence-corrected chi connectivity index (χ1v) is 12.8. The standard InChI is InChI=1S/C27H35NO5/c1-2-32-26(30)22(28-25(29)23-18-7-3-4-8-19(18)23)15-16-11-13-17(14-12-16)33-27(31)24-20-9-5-6-10-21(20)24/h11-14,18-24H,2-10,15H2,1H3,(H,28,29)/t18-,19-,20-,21+,22+,24?/m1/s1. The largest absolute Gasteiger partial charge is 0.464 e. The summed E-state index contributed by atoms with van der Waals surface area (Å²) in [7, 11) is 0. The second-order valence-corrected chi connectivity index (χ2v) is 10.4. The van der Waals surface area contributed by atoms with Crippen LogP contribution >= 0.6 is 0 Å². The van der Waals surface area contributed by atoms with Gasteiger partial charge < -0.3 is 14.8 Å². The fourth-order valence-electron chi connectivity index (χ4n) is 6.54. The fraction of sp³-hybridized carbons (Fsp3) is 0.667. The third kappa shape index (κ3) is 4.80. The molecule has 0 heterocycles. The number of ether oxygens (including phenoxy) is 2. The van der Waals surface area contributed by atoms with Crippen molar-refractivity contribution < 1.29 is 23.9 Å². The number of rotatable bonds is 8. The predicted octanol–water partition coefficient (Wildman–Crippen LogP) is 4.05. The van der Waals surface area contributed by atoms with Crippen molar-refractivity contribution in [2.75, 3.05) is 6.61 Å². The van der Waals surface area contributed by atoms with Gasteiger partial charge in [0.15, 0.2) is 0 Å². The molecule has 0 aromatic heterocycles. The second-order valence-electron chi connectivity index (χ2n) is 10.4. The van der Waals surface area contributed by atoms with Crippen LogP contribution < -0.4 is 10.1 Å². The molecule has 1 unspecified atom stereocenters. The maximum Gasteiger partial charge on any atom is 0.328 e. The summed E-state index contributed by atoms with van der Waals surface area (Å²) in [5, 5.41) is 2.97. The molecule has 0 saturated heterocycles. The molecule has 4 aliphatic carbocycles. The number of esters is 2. The van der Waals surface area contributed by atoms with Gasteiger partial charge in [-0.2, -0.15) is 0 Å². The van der Waals surface area contributed by atoms with Gasteiger partial charge in [0.25, 0.3) is 0 Å². The molecule has 5 rings (SSSR count). The van der Waals surface area contributed by atoms with E-state index in [-0.39, 0.29) is 30.3 Å². The number of nitrogens with one attached hydrogen (secondary N) is 1. The smallest absolute Gasteiger partial charge is 0.328 e. The molecule has 33 heavy (non-hydrogen) atoms. The van der Waals surface area contributed by atoms with E-state index >= 15 is 0 Å². The zero-order chi connectivity index (χ0) is 22.9. The molecule has 0 aliphatic heterocycles. The van der Waals surface area contributed by atoms with Crippen molar-refractivity contribution in [3.63, 3.8) is 0 Å². The highest BCUT2D eigenvalue weighted by Crippen LogP contribution is 2.56. The lowest BCUT2D eigenvalue weighted by Gasteiger charge is -2.18. The van der Waals surface area contributed by atoms with Crippen LogP contribution in [-0.2, 0) is 25.5 Å². The van der Waals surface area contributed by atoms with Crippen molar-refractivity contribution in [2.24, 2.45) is 35.5 Å². The Labute approximate surface area is 195 Å². The summed E-state index contributed by atoms with van der Waals surface area (Å²) >= 11 is 0. The van der Waals surface area contributed by atoms with Gasteiger partial charge in [0.2, 0.25) is 5.91 Å². The molecule has 0 spiro atoms. The van der Waals surface area contributed by atoms with E-state index in [1.54, 1.807) is 19.1 Å². The summed E-state index contributed by atoms with van der Waals surface area (Å²) in [5.74, 6) is 2.16. The maximum atomic E-state index is 12.9. The minimum atomic E-state index is -0.705. The molecule has 4 saturated carbocycles. The van der Waals surface area contributed by atoms with Gasteiger partial charge in [0, 0.05) is 12.3 Å². The lowest BCUT2D eigenvalue weighted by Crippen LogP contribution is -2.44. The normalized spacial score (nSPS) is 32.5. The Kier molecular flexibility index (Phi) is 6.44. The van der Waals surface area contributed by atoms with Gasteiger partial charge in [-0.25, -0.2) is 4.79 Å². The first-order valence-electron chi connectivity index (χ1n) is 12.8. The molecule has 6 nitrogen and oxygen atoms in total. The molecule has 178 valence electrons. The van der Waals surface area contributed by atoms with Crippen LogP contribution in [0.15, 0.2) is 24.3 Å². The van der Waals surface area contributed by atoms with Gasteiger partial charge in [0.05, 0.1) is 12.5 Å². The topological polar surface area (TPSA) is 81.7 Å². The lowest BCUT2D eigenvalue weighted by atomic mass is 10.0. The Morgan fingerprint density at radius 3 is 1.97 bits per heavy atom. The molecule has 1 aromatic rings. The number of benzene rings is 1. The van der Waals surface area contributed by atoms with Crippen molar-refractivity contribution in [1.82, 2.24) is 5.32 Å². The molecule has 4 aliphatic rings. The predicted molar refractivity (Wildman–Crippen MR) is 122 cm³/mol. The molecule has 4 fully saturated rings. The molecule has 1 N–H and O–H groups in total. The van der Waals surface area contributed by atoms with Gasteiger partial charge in [-0.15, -0.1) is 0 Å². The zero-order valence-corrected chi connectivity index (χ0v) is 19.5. The molecular weight excluding hydrogens is 418 g/mol. The third-order valence-electron chi connectivity index (χ3n) is 8.36. The number of hydrogen-bond donors (Lipinski definition) is 1. The van der Waals surface area contributed by atoms with Gasteiger partial charge in [0.1, 0.15) is 11.8 Å². The van der Waals surface area contributed by atoms with Gasteiger partial charge >= 0.3 is 11.9 Å². The summed E-state index contributed by atoms with van der Waals surface area (Å²) in [5.41, 5.74) is 0.890.